The molecule has 5 nitrogen and oxygen atoms in total. The monoisotopic (exact) mass is 354 g/mol. The van der Waals surface area contributed by atoms with Crippen LogP contribution in [0.25, 0.3) is 0 Å². The highest BCUT2D eigenvalue weighted by Gasteiger charge is 2.39. The summed E-state index contributed by atoms with van der Waals surface area (Å²) in [4.78, 5) is 14.5. The number of sulfonamides is 1. The number of benzene rings is 1. The zero-order valence-corrected chi connectivity index (χ0v) is 14.5. The van der Waals surface area contributed by atoms with Crippen molar-refractivity contribution in [3.63, 3.8) is 0 Å². The van der Waals surface area contributed by atoms with Gasteiger partial charge in [0.1, 0.15) is 11.9 Å². The van der Waals surface area contributed by atoms with Gasteiger partial charge in [-0.2, -0.15) is 4.31 Å². The minimum atomic E-state index is -3.61. The zero-order chi connectivity index (χ0) is 17.2. The fourth-order valence-corrected chi connectivity index (χ4v) is 5.28. The molecule has 3 rings (SSSR count). The van der Waals surface area contributed by atoms with Crippen molar-refractivity contribution < 1.29 is 17.6 Å². The summed E-state index contributed by atoms with van der Waals surface area (Å²) in [6, 6.07) is 4.90. The van der Waals surface area contributed by atoms with Crippen LogP contribution < -0.4 is 0 Å². The first kappa shape index (κ1) is 17.4. The summed E-state index contributed by atoms with van der Waals surface area (Å²) in [5.41, 5.74) is 0.536. The first-order valence-corrected chi connectivity index (χ1v) is 10.1. The molecule has 0 N–H and O–H groups in total. The van der Waals surface area contributed by atoms with E-state index in [0.717, 1.165) is 38.8 Å². The SMILES string of the molecule is O=C(C1CCCCN1S(=O)(=O)Cc1ccc(F)cc1)N1CCCC1. The molecule has 2 fully saturated rings. The Morgan fingerprint density at radius 2 is 1.67 bits per heavy atom. The van der Waals surface area contributed by atoms with Gasteiger partial charge in [0.2, 0.25) is 15.9 Å². The van der Waals surface area contributed by atoms with Crippen molar-refractivity contribution in [2.45, 2.75) is 43.9 Å². The maximum absolute atomic E-state index is 13.0. The van der Waals surface area contributed by atoms with Gasteiger partial charge in [-0.3, -0.25) is 4.79 Å². The van der Waals surface area contributed by atoms with Crippen molar-refractivity contribution in [2.24, 2.45) is 0 Å². The highest BCUT2D eigenvalue weighted by atomic mass is 32.2. The number of halogens is 1. The maximum atomic E-state index is 13.0. The lowest BCUT2D eigenvalue weighted by molar-refractivity contribution is -0.135. The third kappa shape index (κ3) is 3.78. The number of piperidine rings is 1. The smallest absolute Gasteiger partial charge is 0.241 e. The van der Waals surface area contributed by atoms with Crippen molar-refractivity contribution in [2.75, 3.05) is 19.6 Å². The average Bonchev–Trinajstić information content (AvgIpc) is 3.11. The number of hydrogen-bond donors (Lipinski definition) is 0. The molecule has 1 aromatic rings. The molecule has 0 bridgehead atoms. The highest BCUT2D eigenvalue weighted by Crippen LogP contribution is 2.25. The maximum Gasteiger partial charge on any atom is 0.241 e. The van der Waals surface area contributed by atoms with E-state index in [1.165, 1.54) is 28.6 Å². The molecule has 1 amide bonds. The lowest BCUT2D eigenvalue weighted by atomic mass is 10.0. The standard InChI is InChI=1S/C17H23FN2O3S/c18-15-8-6-14(7-9-15)13-24(22,23)20-12-2-1-5-16(20)17(21)19-10-3-4-11-19/h6-9,16H,1-5,10-13H2. The molecule has 2 saturated heterocycles. The number of hydrogen-bond acceptors (Lipinski definition) is 3. The number of nitrogens with zero attached hydrogens (tertiary/aromatic N) is 2. The minimum Gasteiger partial charge on any atom is -0.341 e. The highest BCUT2D eigenvalue weighted by molar-refractivity contribution is 7.88. The lowest BCUT2D eigenvalue weighted by Gasteiger charge is -2.35. The summed E-state index contributed by atoms with van der Waals surface area (Å²) in [6.07, 6.45) is 4.19. The van der Waals surface area contributed by atoms with Crippen molar-refractivity contribution in [3.05, 3.63) is 35.6 Å². The van der Waals surface area contributed by atoms with E-state index in [-0.39, 0.29) is 11.7 Å². The first-order chi connectivity index (χ1) is 11.5. The summed E-state index contributed by atoms with van der Waals surface area (Å²) in [7, 11) is -3.61. The van der Waals surface area contributed by atoms with E-state index in [9.17, 15) is 17.6 Å². The van der Waals surface area contributed by atoms with Crippen molar-refractivity contribution in [3.8, 4) is 0 Å². The summed E-state index contributed by atoms with van der Waals surface area (Å²) in [5, 5.41) is 0. The van der Waals surface area contributed by atoms with Crippen molar-refractivity contribution in [1.29, 1.82) is 0 Å². The molecule has 0 aromatic heterocycles. The molecule has 1 atom stereocenters. The van der Waals surface area contributed by atoms with Gasteiger partial charge in [-0.25, -0.2) is 12.8 Å². The zero-order valence-electron chi connectivity index (χ0n) is 13.7. The van der Waals surface area contributed by atoms with Gasteiger partial charge in [-0.1, -0.05) is 18.6 Å². The van der Waals surface area contributed by atoms with Gasteiger partial charge in [-0.05, 0) is 43.4 Å². The number of carbonyl (C=O) groups excluding carboxylic acids is 1. The molecule has 0 aliphatic carbocycles. The van der Waals surface area contributed by atoms with Gasteiger partial charge in [0, 0.05) is 19.6 Å². The van der Waals surface area contributed by atoms with Crippen LogP contribution in [0.3, 0.4) is 0 Å². The summed E-state index contributed by atoms with van der Waals surface area (Å²) in [6.45, 7) is 1.83. The molecule has 0 spiro atoms. The number of likely N-dealkylation sites (tertiary alicyclic amines) is 1. The molecule has 7 heteroatoms. The van der Waals surface area contributed by atoms with E-state index in [2.05, 4.69) is 0 Å². The van der Waals surface area contributed by atoms with Gasteiger partial charge >= 0.3 is 0 Å². The first-order valence-electron chi connectivity index (χ1n) is 8.50. The molecule has 2 aliphatic heterocycles. The average molecular weight is 354 g/mol. The van der Waals surface area contributed by atoms with Crippen LogP contribution in [0.5, 0.6) is 0 Å². The number of carbonyl (C=O) groups is 1. The second-order valence-electron chi connectivity index (χ2n) is 6.54. The van der Waals surface area contributed by atoms with Crippen LogP contribution in [-0.4, -0.2) is 49.2 Å². The van der Waals surface area contributed by atoms with Crippen LogP contribution in [0, 0.1) is 5.82 Å². The van der Waals surface area contributed by atoms with Gasteiger partial charge in [0.05, 0.1) is 5.75 Å². The summed E-state index contributed by atoms with van der Waals surface area (Å²) in [5.74, 6) is -0.650. The quantitative estimate of drug-likeness (QED) is 0.832. The second kappa shape index (κ2) is 7.19. The summed E-state index contributed by atoms with van der Waals surface area (Å²) >= 11 is 0. The second-order valence-corrected chi connectivity index (χ2v) is 8.46. The molecule has 0 radical (unpaired) electrons. The van der Waals surface area contributed by atoms with Gasteiger partial charge in [-0.15, -0.1) is 0 Å². The Morgan fingerprint density at radius 3 is 2.33 bits per heavy atom. The van der Waals surface area contributed by atoms with Gasteiger partial charge in [0.25, 0.3) is 0 Å². The van der Waals surface area contributed by atoms with Crippen LogP contribution in [-0.2, 0) is 20.6 Å². The minimum absolute atomic E-state index is 0.0603. The molecule has 0 saturated carbocycles. The number of rotatable bonds is 4. The van der Waals surface area contributed by atoms with Crippen LogP contribution in [0.2, 0.25) is 0 Å². The Bertz CT molecular complexity index is 684. The summed E-state index contributed by atoms with van der Waals surface area (Å²) < 4.78 is 40.0. The van der Waals surface area contributed by atoms with Gasteiger partial charge < -0.3 is 4.90 Å². The molecule has 1 unspecified atom stereocenters. The van der Waals surface area contributed by atoms with Gasteiger partial charge in [0.15, 0.2) is 0 Å². The third-order valence-corrected chi connectivity index (χ3v) is 6.63. The van der Waals surface area contributed by atoms with Crippen LogP contribution in [0.1, 0.15) is 37.7 Å². The molecule has 24 heavy (non-hydrogen) atoms. The van der Waals surface area contributed by atoms with E-state index in [4.69, 9.17) is 0 Å². The fourth-order valence-electron chi connectivity index (χ4n) is 3.51. The van der Waals surface area contributed by atoms with Crippen LogP contribution in [0.4, 0.5) is 4.39 Å². The van der Waals surface area contributed by atoms with Crippen molar-refractivity contribution >= 4 is 15.9 Å². The lowest BCUT2D eigenvalue weighted by Crippen LogP contribution is -2.52. The largest absolute Gasteiger partial charge is 0.341 e. The Balaban J connectivity index is 1.78. The molecular formula is C17H23FN2O3S. The fraction of sp³-hybridized carbons (Fsp3) is 0.588. The van der Waals surface area contributed by atoms with E-state index >= 15 is 0 Å². The van der Waals surface area contributed by atoms with E-state index in [1.54, 1.807) is 4.90 Å². The van der Waals surface area contributed by atoms with Crippen LogP contribution in [0.15, 0.2) is 24.3 Å². The number of amides is 1. The molecule has 132 valence electrons. The van der Waals surface area contributed by atoms with Crippen LogP contribution >= 0.6 is 0 Å². The normalized spacial score (nSPS) is 22.7. The van der Waals surface area contributed by atoms with Crippen molar-refractivity contribution in [1.82, 2.24) is 9.21 Å². The van der Waals surface area contributed by atoms with E-state index in [1.807, 2.05) is 0 Å². The molecule has 2 aliphatic rings. The third-order valence-electron chi connectivity index (χ3n) is 4.78. The Labute approximate surface area is 142 Å². The predicted octanol–water partition coefficient (Wildman–Crippen LogP) is 2.13. The van der Waals surface area contributed by atoms with E-state index in [0.29, 0.717) is 18.5 Å². The molecular weight excluding hydrogens is 331 g/mol. The Kier molecular flexibility index (Phi) is 5.20. The molecule has 1 aromatic carbocycles. The Hall–Kier alpha value is -1.47. The Morgan fingerprint density at radius 1 is 1.04 bits per heavy atom. The van der Waals surface area contributed by atoms with E-state index < -0.39 is 21.9 Å². The molecule has 2 heterocycles. The topological polar surface area (TPSA) is 57.7 Å². The predicted molar refractivity (Wildman–Crippen MR) is 89.2 cm³/mol.